The third-order valence-electron chi connectivity index (χ3n) is 2.74. The Morgan fingerprint density at radius 2 is 1.82 bits per heavy atom. The Hall–Kier alpha value is -0.943. The van der Waals surface area contributed by atoms with Crippen LogP contribution in [0.5, 0.6) is 0 Å². The molecule has 17 heavy (non-hydrogen) atoms. The molecule has 3 radical (unpaired) electrons. The van der Waals surface area contributed by atoms with Gasteiger partial charge >= 0.3 is 0 Å². The molecule has 3 nitrogen and oxygen atoms in total. The van der Waals surface area contributed by atoms with Crippen molar-refractivity contribution in [3.05, 3.63) is 42.0 Å². The van der Waals surface area contributed by atoms with E-state index in [1.165, 1.54) is 0 Å². The molecular weight excluding hydrogens is 232 g/mol. The van der Waals surface area contributed by atoms with Crippen molar-refractivity contribution in [2.45, 2.75) is 11.5 Å². The SMILES string of the molecule is C=Cc1ccccc1C(OC)(OC)C([Si])OC. The first-order chi connectivity index (χ1) is 8.16. The van der Waals surface area contributed by atoms with Gasteiger partial charge < -0.3 is 14.2 Å². The Balaban J connectivity index is 3.35. The zero-order valence-corrected chi connectivity index (χ0v) is 11.4. The molecule has 0 fully saturated rings. The van der Waals surface area contributed by atoms with Crippen molar-refractivity contribution in [3.8, 4) is 0 Å². The number of ether oxygens (including phenoxy) is 3. The summed E-state index contributed by atoms with van der Waals surface area (Å²) in [4.78, 5) is 0. The van der Waals surface area contributed by atoms with Gasteiger partial charge in [-0.2, -0.15) is 0 Å². The molecular formula is C13H17O3Si. The quantitative estimate of drug-likeness (QED) is 0.569. The molecule has 0 bridgehead atoms. The van der Waals surface area contributed by atoms with Crippen molar-refractivity contribution in [3.63, 3.8) is 0 Å². The molecule has 0 spiro atoms. The number of rotatable bonds is 6. The van der Waals surface area contributed by atoms with E-state index in [9.17, 15) is 0 Å². The molecule has 0 aromatic heterocycles. The van der Waals surface area contributed by atoms with E-state index in [0.29, 0.717) is 0 Å². The molecule has 0 aliphatic rings. The van der Waals surface area contributed by atoms with Gasteiger partial charge in [0.2, 0.25) is 5.79 Å². The van der Waals surface area contributed by atoms with Crippen molar-refractivity contribution >= 4 is 16.3 Å². The van der Waals surface area contributed by atoms with E-state index >= 15 is 0 Å². The van der Waals surface area contributed by atoms with Gasteiger partial charge in [-0.3, -0.25) is 0 Å². The number of methoxy groups -OCH3 is 3. The Labute approximate surface area is 106 Å². The van der Waals surface area contributed by atoms with E-state index < -0.39 is 11.5 Å². The lowest BCUT2D eigenvalue weighted by atomic mass is 9.99. The maximum Gasteiger partial charge on any atom is 0.218 e. The summed E-state index contributed by atoms with van der Waals surface area (Å²) in [6, 6.07) is 7.73. The summed E-state index contributed by atoms with van der Waals surface area (Å²) in [6.07, 6.45) is 1.76. The van der Waals surface area contributed by atoms with Crippen LogP contribution in [-0.4, -0.2) is 37.3 Å². The lowest BCUT2D eigenvalue weighted by Gasteiger charge is -2.36. The van der Waals surface area contributed by atoms with Crippen LogP contribution in [-0.2, 0) is 20.0 Å². The number of hydrogen-bond donors (Lipinski definition) is 0. The average Bonchev–Trinajstić information content (AvgIpc) is 2.41. The maximum absolute atomic E-state index is 5.52. The zero-order chi connectivity index (χ0) is 12.9. The van der Waals surface area contributed by atoms with Gasteiger partial charge in [0.05, 0.1) is 16.0 Å². The van der Waals surface area contributed by atoms with E-state index in [1.807, 2.05) is 24.3 Å². The molecule has 91 valence electrons. The zero-order valence-electron chi connectivity index (χ0n) is 10.4. The Morgan fingerprint density at radius 3 is 2.29 bits per heavy atom. The second-order valence-corrected chi connectivity index (χ2v) is 4.01. The van der Waals surface area contributed by atoms with Crippen LogP contribution in [0.2, 0.25) is 0 Å². The predicted molar refractivity (Wildman–Crippen MR) is 68.8 cm³/mol. The summed E-state index contributed by atoms with van der Waals surface area (Å²) < 4.78 is 16.3. The third kappa shape index (κ3) is 2.50. The molecule has 1 aromatic carbocycles. The highest BCUT2D eigenvalue weighted by Gasteiger charge is 2.40. The lowest BCUT2D eigenvalue weighted by molar-refractivity contribution is -0.253. The first kappa shape index (κ1) is 14.1. The van der Waals surface area contributed by atoms with Gasteiger partial charge in [0, 0.05) is 26.9 Å². The predicted octanol–water partition coefficient (Wildman–Crippen LogP) is 1.92. The van der Waals surface area contributed by atoms with Gasteiger partial charge in [0.25, 0.3) is 0 Å². The molecule has 0 saturated carbocycles. The number of benzene rings is 1. The fourth-order valence-electron chi connectivity index (χ4n) is 1.81. The minimum absolute atomic E-state index is 0.432. The highest BCUT2D eigenvalue weighted by Crippen LogP contribution is 2.33. The molecule has 0 aliphatic carbocycles. The summed E-state index contributed by atoms with van der Waals surface area (Å²) in [5, 5.41) is 0. The summed E-state index contributed by atoms with van der Waals surface area (Å²) in [7, 11) is 8.21. The van der Waals surface area contributed by atoms with Crippen molar-refractivity contribution in [1.29, 1.82) is 0 Å². The van der Waals surface area contributed by atoms with Crippen LogP contribution < -0.4 is 0 Å². The van der Waals surface area contributed by atoms with Crippen LogP contribution in [0.3, 0.4) is 0 Å². The maximum atomic E-state index is 5.52. The molecule has 0 aliphatic heterocycles. The van der Waals surface area contributed by atoms with Crippen molar-refractivity contribution in [2.75, 3.05) is 21.3 Å². The van der Waals surface area contributed by atoms with Gasteiger partial charge in [-0.25, -0.2) is 0 Å². The molecule has 1 unspecified atom stereocenters. The van der Waals surface area contributed by atoms with Crippen LogP contribution >= 0.6 is 0 Å². The fraction of sp³-hybridized carbons (Fsp3) is 0.385. The third-order valence-corrected chi connectivity index (χ3v) is 3.36. The molecule has 0 amide bonds. The second-order valence-electron chi connectivity index (χ2n) is 3.48. The van der Waals surface area contributed by atoms with Gasteiger partial charge in [0.1, 0.15) is 0 Å². The van der Waals surface area contributed by atoms with Crippen LogP contribution in [0.25, 0.3) is 6.08 Å². The van der Waals surface area contributed by atoms with Crippen LogP contribution in [0.15, 0.2) is 30.8 Å². The minimum Gasteiger partial charge on any atom is -0.380 e. The normalized spacial score (nSPS) is 13.4. The summed E-state index contributed by atoms with van der Waals surface area (Å²) in [6.45, 7) is 3.79. The Kier molecular flexibility index (Phi) is 5.08. The van der Waals surface area contributed by atoms with Crippen LogP contribution in [0, 0.1) is 0 Å². The van der Waals surface area contributed by atoms with Gasteiger partial charge in [0.15, 0.2) is 0 Å². The van der Waals surface area contributed by atoms with Gasteiger partial charge in [-0.15, -0.1) is 0 Å². The van der Waals surface area contributed by atoms with E-state index in [4.69, 9.17) is 14.2 Å². The van der Waals surface area contributed by atoms with Crippen LogP contribution in [0.4, 0.5) is 0 Å². The molecule has 1 aromatic rings. The van der Waals surface area contributed by atoms with Crippen LogP contribution in [0.1, 0.15) is 11.1 Å². The minimum atomic E-state index is -1.00. The van der Waals surface area contributed by atoms with Crippen molar-refractivity contribution in [1.82, 2.24) is 0 Å². The van der Waals surface area contributed by atoms with E-state index in [-0.39, 0.29) is 0 Å². The fourth-order valence-corrected chi connectivity index (χ4v) is 2.20. The summed E-state index contributed by atoms with van der Waals surface area (Å²) in [5.74, 6) is -1.00. The molecule has 0 heterocycles. The highest BCUT2D eigenvalue weighted by atomic mass is 28.1. The molecule has 1 atom stereocenters. The largest absolute Gasteiger partial charge is 0.380 e. The molecule has 0 saturated heterocycles. The molecule has 1 rings (SSSR count). The van der Waals surface area contributed by atoms with E-state index in [1.54, 1.807) is 27.4 Å². The standard InChI is InChI=1S/C13H17O3Si/c1-5-10-8-6-7-9-11(10)13(15-3,16-4)12(17)14-2/h5-9,12H,1H2,2-4H3. The smallest absolute Gasteiger partial charge is 0.218 e. The molecule has 4 heteroatoms. The average molecular weight is 249 g/mol. The van der Waals surface area contributed by atoms with Gasteiger partial charge in [-0.1, -0.05) is 36.9 Å². The lowest BCUT2D eigenvalue weighted by Crippen LogP contribution is -2.45. The first-order valence-electron chi connectivity index (χ1n) is 5.22. The van der Waals surface area contributed by atoms with Crippen molar-refractivity contribution < 1.29 is 14.2 Å². The number of hydrogen-bond acceptors (Lipinski definition) is 3. The molecule has 0 N–H and O–H groups in total. The van der Waals surface area contributed by atoms with Crippen molar-refractivity contribution in [2.24, 2.45) is 0 Å². The topological polar surface area (TPSA) is 27.7 Å². The monoisotopic (exact) mass is 249 g/mol. The van der Waals surface area contributed by atoms with E-state index in [2.05, 4.69) is 16.8 Å². The summed E-state index contributed by atoms with van der Waals surface area (Å²) in [5.41, 5.74) is 1.37. The van der Waals surface area contributed by atoms with E-state index in [0.717, 1.165) is 11.1 Å². The first-order valence-corrected chi connectivity index (χ1v) is 5.80. The summed E-state index contributed by atoms with van der Waals surface area (Å²) >= 11 is 0. The Morgan fingerprint density at radius 1 is 1.24 bits per heavy atom. The highest BCUT2D eigenvalue weighted by molar-refractivity contribution is 6.11. The second kappa shape index (κ2) is 6.12. The van der Waals surface area contributed by atoms with Gasteiger partial charge in [-0.05, 0) is 5.56 Å². The Bertz CT molecular complexity index is 375.